The highest BCUT2D eigenvalue weighted by atomic mass is 16.4. The summed E-state index contributed by atoms with van der Waals surface area (Å²) in [6, 6.07) is 1.44. The second-order valence-electron chi connectivity index (χ2n) is 5.65. The number of carboxylic acid groups (broad SMARTS) is 1. The lowest BCUT2D eigenvalue weighted by molar-refractivity contribution is 0.0697. The Labute approximate surface area is 119 Å². The maximum Gasteiger partial charge on any atom is 0.339 e. The minimum Gasteiger partial charge on any atom is -0.478 e. The SMILES string of the molecule is CN(C)C1(CNc2ncc(N)cc2C(=O)O)CCCC1. The summed E-state index contributed by atoms with van der Waals surface area (Å²) in [5, 5.41) is 12.4. The first-order chi connectivity index (χ1) is 9.44. The maximum atomic E-state index is 11.2. The molecule has 20 heavy (non-hydrogen) atoms. The molecule has 2 rings (SSSR count). The second-order valence-corrected chi connectivity index (χ2v) is 5.65. The molecular formula is C14H22N4O2. The normalized spacial score (nSPS) is 17.4. The molecule has 4 N–H and O–H groups in total. The average molecular weight is 278 g/mol. The molecule has 1 aromatic rings. The van der Waals surface area contributed by atoms with E-state index < -0.39 is 5.97 Å². The predicted molar refractivity (Wildman–Crippen MR) is 79.0 cm³/mol. The summed E-state index contributed by atoms with van der Waals surface area (Å²) in [6.07, 6.45) is 6.13. The van der Waals surface area contributed by atoms with E-state index in [2.05, 4.69) is 29.3 Å². The molecule has 110 valence electrons. The third kappa shape index (κ3) is 2.85. The zero-order valence-corrected chi connectivity index (χ0v) is 12.0. The fourth-order valence-corrected chi connectivity index (χ4v) is 2.85. The van der Waals surface area contributed by atoms with Gasteiger partial charge in [-0.1, -0.05) is 12.8 Å². The van der Waals surface area contributed by atoms with E-state index >= 15 is 0 Å². The first kappa shape index (κ1) is 14.6. The van der Waals surface area contributed by atoms with E-state index in [4.69, 9.17) is 5.73 Å². The van der Waals surface area contributed by atoms with Crippen molar-refractivity contribution in [3.05, 3.63) is 17.8 Å². The Kier molecular flexibility index (Phi) is 4.13. The van der Waals surface area contributed by atoms with Gasteiger partial charge < -0.3 is 21.1 Å². The number of carbonyl (C=O) groups is 1. The first-order valence-electron chi connectivity index (χ1n) is 6.85. The summed E-state index contributed by atoms with van der Waals surface area (Å²) in [4.78, 5) is 17.6. The molecule has 0 aromatic carbocycles. The highest BCUT2D eigenvalue weighted by molar-refractivity contribution is 5.94. The van der Waals surface area contributed by atoms with Crippen molar-refractivity contribution in [2.24, 2.45) is 0 Å². The lowest BCUT2D eigenvalue weighted by atomic mass is 9.96. The Morgan fingerprint density at radius 2 is 2.15 bits per heavy atom. The average Bonchev–Trinajstić information content (AvgIpc) is 2.87. The van der Waals surface area contributed by atoms with E-state index in [1.54, 1.807) is 0 Å². The van der Waals surface area contributed by atoms with Crippen molar-refractivity contribution in [3.63, 3.8) is 0 Å². The standard InChI is InChI=1S/C14H22N4O2/c1-18(2)14(5-3-4-6-14)9-17-12-11(13(19)20)7-10(15)8-16-12/h7-8H,3-6,9,15H2,1-2H3,(H,16,17)(H,19,20). The fraction of sp³-hybridized carbons (Fsp3) is 0.571. The number of anilines is 2. The number of nitrogens with two attached hydrogens (primary N) is 1. The quantitative estimate of drug-likeness (QED) is 0.758. The van der Waals surface area contributed by atoms with Crippen molar-refractivity contribution in [2.75, 3.05) is 31.7 Å². The number of pyridine rings is 1. The Balaban J connectivity index is 2.16. The molecule has 1 aromatic heterocycles. The van der Waals surface area contributed by atoms with Crippen LogP contribution in [0.2, 0.25) is 0 Å². The highest BCUT2D eigenvalue weighted by Crippen LogP contribution is 2.34. The largest absolute Gasteiger partial charge is 0.478 e. The van der Waals surface area contributed by atoms with E-state index in [-0.39, 0.29) is 11.1 Å². The van der Waals surface area contributed by atoms with Gasteiger partial charge in [-0.3, -0.25) is 0 Å². The lowest BCUT2D eigenvalue weighted by Crippen LogP contribution is -2.47. The predicted octanol–water partition coefficient (Wildman–Crippen LogP) is 1.65. The Bertz CT molecular complexity index is 496. The molecule has 0 spiro atoms. The Hall–Kier alpha value is -1.82. The van der Waals surface area contributed by atoms with Gasteiger partial charge in [-0.05, 0) is 33.0 Å². The second kappa shape index (κ2) is 5.66. The molecule has 0 amide bonds. The number of aromatic carboxylic acids is 1. The third-order valence-electron chi connectivity index (χ3n) is 4.21. The van der Waals surface area contributed by atoms with Crippen molar-refractivity contribution in [1.82, 2.24) is 9.88 Å². The van der Waals surface area contributed by atoms with Gasteiger partial charge >= 0.3 is 5.97 Å². The van der Waals surface area contributed by atoms with E-state index in [1.165, 1.54) is 25.1 Å². The van der Waals surface area contributed by atoms with Crippen LogP contribution >= 0.6 is 0 Å². The molecule has 1 heterocycles. The molecule has 1 fully saturated rings. The van der Waals surface area contributed by atoms with Gasteiger partial charge in [0.1, 0.15) is 11.4 Å². The highest BCUT2D eigenvalue weighted by Gasteiger charge is 2.36. The molecule has 1 aliphatic rings. The lowest BCUT2D eigenvalue weighted by Gasteiger charge is -2.36. The van der Waals surface area contributed by atoms with Gasteiger partial charge in [0.25, 0.3) is 0 Å². The van der Waals surface area contributed by atoms with Crippen LogP contribution in [0.3, 0.4) is 0 Å². The van der Waals surface area contributed by atoms with Crippen molar-refractivity contribution < 1.29 is 9.90 Å². The van der Waals surface area contributed by atoms with Crippen molar-refractivity contribution >= 4 is 17.5 Å². The molecule has 1 aliphatic carbocycles. The van der Waals surface area contributed by atoms with E-state index in [9.17, 15) is 9.90 Å². The van der Waals surface area contributed by atoms with Crippen LogP contribution in [0.25, 0.3) is 0 Å². The van der Waals surface area contributed by atoms with Crippen LogP contribution in [0.5, 0.6) is 0 Å². The van der Waals surface area contributed by atoms with Crippen LogP contribution in [0.15, 0.2) is 12.3 Å². The number of hydrogen-bond acceptors (Lipinski definition) is 5. The Morgan fingerprint density at radius 1 is 1.50 bits per heavy atom. The molecule has 0 atom stereocenters. The number of nitrogen functional groups attached to an aromatic ring is 1. The van der Waals surface area contributed by atoms with E-state index in [1.807, 2.05) is 0 Å². The minimum absolute atomic E-state index is 0.0822. The maximum absolute atomic E-state index is 11.2. The molecule has 6 heteroatoms. The molecule has 0 saturated heterocycles. The topological polar surface area (TPSA) is 91.5 Å². The molecule has 0 unspecified atom stereocenters. The summed E-state index contributed by atoms with van der Waals surface area (Å²) in [6.45, 7) is 0.692. The van der Waals surface area contributed by atoms with Gasteiger partial charge in [-0.15, -0.1) is 0 Å². The fourth-order valence-electron chi connectivity index (χ4n) is 2.85. The van der Waals surface area contributed by atoms with Crippen LogP contribution in [0, 0.1) is 0 Å². The summed E-state index contributed by atoms with van der Waals surface area (Å²) >= 11 is 0. The summed E-state index contributed by atoms with van der Waals surface area (Å²) in [5.41, 5.74) is 6.16. The smallest absolute Gasteiger partial charge is 0.339 e. The van der Waals surface area contributed by atoms with Crippen LogP contribution < -0.4 is 11.1 Å². The molecule has 6 nitrogen and oxygen atoms in total. The monoisotopic (exact) mass is 278 g/mol. The van der Waals surface area contributed by atoms with Crippen LogP contribution in [-0.2, 0) is 0 Å². The number of aromatic nitrogens is 1. The van der Waals surface area contributed by atoms with E-state index in [0.717, 1.165) is 12.8 Å². The molecule has 1 saturated carbocycles. The van der Waals surface area contributed by atoms with Crippen LogP contribution in [0.1, 0.15) is 36.0 Å². The summed E-state index contributed by atoms with van der Waals surface area (Å²) in [5.74, 6) is -0.627. The van der Waals surface area contributed by atoms with Gasteiger partial charge in [0.2, 0.25) is 0 Å². The van der Waals surface area contributed by atoms with Crippen LogP contribution in [0.4, 0.5) is 11.5 Å². The van der Waals surface area contributed by atoms with Gasteiger partial charge in [0.15, 0.2) is 0 Å². The van der Waals surface area contributed by atoms with Gasteiger partial charge in [-0.2, -0.15) is 0 Å². The van der Waals surface area contributed by atoms with Gasteiger partial charge in [0.05, 0.1) is 11.9 Å². The van der Waals surface area contributed by atoms with Crippen molar-refractivity contribution in [1.29, 1.82) is 0 Å². The Morgan fingerprint density at radius 3 is 2.70 bits per heavy atom. The number of hydrogen-bond donors (Lipinski definition) is 3. The number of rotatable bonds is 5. The number of carboxylic acids is 1. The molecule has 0 bridgehead atoms. The number of nitrogens with zero attached hydrogens (tertiary/aromatic N) is 2. The summed E-state index contributed by atoms with van der Waals surface area (Å²) in [7, 11) is 4.14. The van der Waals surface area contributed by atoms with Gasteiger partial charge in [0, 0.05) is 12.1 Å². The van der Waals surface area contributed by atoms with Crippen LogP contribution in [-0.4, -0.2) is 47.1 Å². The molecule has 0 aliphatic heterocycles. The van der Waals surface area contributed by atoms with Gasteiger partial charge in [-0.25, -0.2) is 9.78 Å². The first-order valence-corrected chi connectivity index (χ1v) is 6.85. The van der Waals surface area contributed by atoms with Crippen molar-refractivity contribution in [2.45, 2.75) is 31.2 Å². The molecule has 0 radical (unpaired) electrons. The molecular weight excluding hydrogens is 256 g/mol. The van der Waals surface area contributed by atoms with Crippen molar-refractivity contribution in [3.8, 4) is 0 Å². The minimum atomic E-state index is -1.02. The summed E-state index contributed by atoms with van der Waals surface area (Å²) < 4.78 is 0. The zero-order valence-electron chi connectivity index (χ0n) is 12.0. The zero-order chi connectivity index (χ0) is 14.8. The van der Waals surface area contributed by atoms with E-state index in [0.29, 0.717) is 18.1 Å². The number of nitrogens with one attached hydrogen (secondary N) is 1. The number of likely N-dealkylation sites (N-methyl/N-ethyl adjacent to an activating group) is 1. The third-order valence-corrected chi connectivity index (χ3v) is 4.21.